The normalized spacial score (nSPS) is 21.1. The van der Waals surface area contributed by atoms with E-state index in [1.165, 1.54) is 4.57 Å². The third-order valence-electron chi connectivity index (χ3n) is 7.44. The molecule has 3 heterocycles. The van der Waals surface area contributed by atoms with E-state index in [4.69, 9.17) is 0 Å². The second kappa shape index (κ2) is 10.3. The highest BCUT2D eigenvalue weighted by Crippen LogP contribution is 2.26. The van der Waals surface area contributed by atoms with Crippen molar-refractivity contribution in [2.45, 2.75) is 56.7 Å². The van der Waals surface area contributed by atoms with Crippen LogP contribution in [0.25, 0.3) is 0 Å². The van der Waals surface area contributed by atoms with Gasteiger partial charge in [0.25, 0.3) is 5.56 Å². The molecule has 4 rings (SSSR count). The predicted molar refractivity (Wildman–Crippen MR) is 133 cm³/mol. The molecule has 0 bridgehead atoms. The van der Waals surface area contributed by atoms with Crippen LogP contribution >= 0.6 is 0 Å². The van der Waals surface area contributed by atoms with Gasteiger partial charge in [-0.3, -0.25) is 14.2 Å². The quantitative estimate of drug-likeness (QED) is 0.670. The van der Waals surface area contributed by atoms with E-state index >= 15 is 0 Å². The van der Waals surface area contributed by atoms with Crippen LogP contribution in [0.5, 0.6) is 0 Å². The number of rotatable bonds is 7. The van der Waals surface area contributed by atoms with Crippen LogP contribution in [-0.4, -0.2) is 82.3 Å². The van der Waals surface area contributed by atoms with E-state index in [0.29, 0.717) is 44.2 Å². The van der Waals surface area contributed by atoms with Crippen molar-refractivity contribution in [3.05, 3.63) is 58.6 Å². The molecule has 2 aromatic rings. The highest BCUT2D eigenvalue weighted by molar-refractivity contribution is 5.77. The van der Waals surface area contributed by atoms with Crippen LogP contribution in [0.4, 0.5) is 5.82 Å². The number of aromatic nitrogens is 2. The third-order valence-corrected chi connectivity index (χ3v) is 7.44. The van der Waals surface area contributed by atoms with Gasteiger partial charge in [-0.15, -0.1) is 0 Å². The first-order valence-electron chi connectivity index (χ1n) is 12.3. The summed E-state index contributed by atoms with van der Waals surface area (Å²) in [6, 6.07) is 12.1. The van der Waals surface area contributed by atoms with Crippen LogP contribution in [-0.2, 0) is 11.3 Å². The van der Waals surface area contributed by atoms with Gasteiger partial charge in [-0.25, -0.2) is 4.98 Å². The first-order valence-corrected chi connectivity index (χ1v) is 12.3. The molecule has 34 heavy (non-hydrogen) atoms. The Hall–Kier alpha value is -2.71. The molecule has 2 atom stereocenters. The Balaban J connectivity index is 1.31. The molecule has 184 valence electrons. The number of amides is 1. The maximum absolute atomic E-state index is 12.8. The van der Waals surface area contributed by atoms with Gasteiger partial charge < -0.3 is 19.8 Å². The van der Waals surface area contributed by atoms with Gasteiger partial charge in [-0.05, 0) is 44.8 Å². The highest BCUT2D eigenvalue weighted by atomic mass is 16.3. The molecular formula is C26H37N5O3. The van der Waals surface area contributed by atoms with Crippen molar-refractivity contribution in [2.24, 2.45) is 0 Å². The van der Waals surface area contributed by atoms with Crippen LogP contribution in [0.2, 0.25) is 0 Å². The van der Waals surface area contributed by atoms with E-state index in [-0.39, 0.29) is 23.9 Å². The molecule has 2 fully saturated rings. The number of piperidine rings is 1. The molecule has 1 amide bonds. The molecule has 0 radical (unpaired) electrons. The standard InChI is InChI=1S/C26H37N5O3/c1-20(21-7-5-4-6-8-21)15-24(32)29-13-10-26(34,11-14-29)18-31-19-27-23(16-25(31)33)30-12-9-22(17-30)28(2)3/h4-8,16,19-20,22,34H,9-15,17-18H2,1-3H3/t20?,22-/m0/s1. The Kier molecular flexibility index (Phi) is 7.38. The molecule has 0 saturated carbocycles. The Bertz CT molecular complexity index is 1030. The van der Waals surface area contributed by atoms with Gasteiger partial charge in [-0.2, -0.15) is 0 Å². The smallest absolute Gasteiger partial charge is 0.255 e. The molecule has 1 N–H and O–H groups in total. The predicted octanol–water partition coefficient (Wildman–Crippen LogP) is 1.93. The molecule has 2 aliphatic rings. The third kappa shape index (κ3) is 5.67. The summed E-state index contributed by atoms with van der Waals surface area (Å²) in [4.78, 5) is 36.3. The Morgan fingerprint density at radius 2 is 1.91 bits per heavy atom. The monoisotopic (exact) mass is 467 g/mol. The maximum Gasteiger partial charge on any atom is 0.255 e. The molecule has 8 nitrogen and oxygen atoms in total. The highest BCUT2D eigenvalue weighted by Gasteiger charge is 2.35. The van der Waals surface area contributed by atoms with Gasteiger partial charge in [0.05, 0.1) is 18.5 Å². The minimum Gasteiger partial charge on any atom is -0.388 e. The summed E-state index contributed by atoms with van der Waals surface area (Å²) in [7, 11) is 4.14. The SMILES string of the molecule is CC(CC(=O)N1CCC(O)(Cn2cnc(N3CC[C@H](N(C)C)C3)cc2=O)CC1)c1ccccc1. The number of hydrogen-bond donors (Lipinski definition) is 1. The lowest BCUT2D eigenvalue weighted by molar-refractivity contribution is -0.136. The number of benzene rings is 1. The van der Waals surface area contributed by atoms with Crippen LogP contribution in [0.15, 0.2) is 47.5 Å². The van der Waals surface area contributed by atoms with Crippen LogP contribution < -0.4 is 10.5 Å². The average Bonchev–Trinajstić information content (AvgIpc) is 3.32. The minimum atomic E-state index is -1.02. The summed E-state index contributed by atoms with van der Waals surface area (Å²) < 4.78 is 1.50. The maximum atomic E-state index is 12.8. The zero-order valence-electron chi connectivity index (χ0n) is 20.6. The number of nitrogens with zero attached hydrogens (tertiary/aromatic N) is 5. The van der Waals surface area contributed by atoms with E-state index < -0.39 is 5.60 Å². The van der Waals surface area contributed by atoms with E-state index in [0.717, 1.165) is 25.1 Å². The van der Waals surface area contributed by atoms with Crippen molar-refractivity contribution in [1.82, 2.24) is 19.4 Å². The molecule has 2 aliphatic heterocycles. The van der Waals surface area contributed by atoms with Crippen LogP contribution in [0, 0.1) is 0 Å². The molecule has 2 saturated heterocycles. The second-order valence-electron chi connectivity index (χ2n) is 10.2. The number of anilines is 1. The molecule has 1 aromatic carbocycles. The lowest BCUT2D eigenvalue weighted by atomic mass is 9.90. The van der Waals surface area contributed by atoms with Gasteiger partial charge >= 0.3 is 0 Å². The topological polar surface area (TPSA) is 81.9 Å². The number of likely N-dealkylation sites (N-methyl/N-ethyl adjacent to an activating group) is 1. The molecule has 0 spiro atoms. The van der Waals surface area contributed by atoms with Gasteiger partial charge in [0.2, 0.25) is 5.91 Å². The number of hydrogen-bond acceptors (Lipinski definition) is 6. The van der Waals surface area contributed by atoms with Gasteiger partial charge in [-0.1, -0.05) is 37.3 Å². The molecular weight excluding hydrogens is 430 g/mol. The van der Waals surface area contributed by atoms with E-state index in [2.05, 4.69) is 35.8 Å². The molecule has 1 unspecified atom stereocenters. The Labute approximate surface area is 201 Å². The first kappa shape index (κ1) is 24.4. The number of aliphatic hydroxyl groups is 1. The summed E-state index contributed by atoms with van der Waals surface area (Å²) in [6.07, 6.45) is 3.96. The Morgan fingerprint density at radius 3 is 2.53 bits per heavy atom. The van der Waals surface area contributed by atoms with E-state index in [1.54, 1.807) is 12.4 Å². The van der Waals surface area contributed by atoms with Crippen molar-refractivity contribution in [3.8, 4) is 0 Å². The minimum absolute atomic E-state index is 0.114. The van der Waals surface area contributed by atoms with Crippen molar-refractivity contribution >= 4 is 11.7 Å². The van der Waals surface area contributed by atoms with Crippen LogP contribution in [0.3, 0.4) is 0 Å². The van der Waals surface area contributed by atoms with Gasteiger partial charge in [0.1, 0.15) is 5.82 Å². The summed E-state index contributed by atoms with van der Waals surface area (Å²) in [5.74, 6) is 0.968. The number of likely N-dealkylation sites (tertiary alicyclic amines) is 1. The Morgan fingerprint density at radius 1 is 1.21 bits per heavy atom. The molecule has 8 heteroatoms. The summed E-state index contributed by atoms with van der Waals surface area (Å²) in [5.41, 5.74) is -0.00817. The van der Waals surface area contributed by atoms with E-state index in [9.17, 15) is 14.7 Å². The fourth-order valence-corrected chi connectivity index (χ4v) is 5.02. The summed E-state index contributed by atoms with van der Waals surface area (Å²) >= 11 is 0. The van der Waals surface area contributed by atoms with Crippen molar-refractivity contribution in [3.63, 3.8) is 0 Å². The number of carbonyl (C=O) groups is 1. The molecule has 0 aliphatic carbocycles. The number of carbonyl (C=O) groups excluding carboxylic acids is 1. The largest absolute Gasteiger partial charge is 0.388 e. The van der Waals surface area contributed by atoms with Crippen molar-refractivity contribution in [2.75, 3.05) is 45.2 Å². The zero-order chi connectivity index (χ0) is 24.3. The van der Waals surface area contributed by atoms with Crippen LogP contribution in [0.1, 0.15) is 44.1 Å². The van der Waals surface area contributed by atoms with E-state index in [1.807, 2.05) is 35.2 Å². The van der Waals surface area contributed by atoms with Gasteiger partial charge in [0.15, 0.2) is 0 Å². The zero-order valence-corrected chi connectivity index (χ0v) is 20.6. The fraction of sp³-hybridized carbons (Fsp3) is 0.577. The van der Waals surface area contributed by atoms with Gasteiger partial charge in [0, 0.05) is 44.7 Å². The lowest BCUT2D eigenvalue weighted by Crippen LogP contribution is -2.49. The fourth-order valence-electron chi connectivity index (χ4n) is 5.02. The summed E-state index contributed by atoms with van der Waals surface area (Å²) in [6.45, 7) is 5.00. The van der Waals surface area contributed by atoms with Crippen molar-refractivity contribution < 1.29 is 9.90 Å². The average molecular weight is 468 g/mol. The summed E-state index contributed by atoms with van der Waals surface area (Å²) in [5, 5.41) is 11.1. The second-order valence-corrected chi connectivity index (χ2v) is 10.2. The molecule has 1 aromatic heterocycles. The lowest BCUT2D eigenvalue weighted by Gasteiger charge is -2.38. The first-order chi connectivity index (χ1) is 16.2. The van der Waals surface area contributed by atoms with Crippen molar-refractivity contribution in [1.29, 1.82) is 0 Å².